The minimum absolute atomic E-state index is 0.0865. The summed E-state index contributed by atoms with van der Waals surface area (Å²) in [4.78, 5) is 36.1. The smallest absolute Gasteiger partial charge is 0.326 e. The molecule has 228 valence electrons. The van der Waals surface area contributed by atoms with Gasteiger partial charge in [0, 0.05) is 29.5 Å². The van der Waals surface area contributed by atoms with Crippen LogP contribution < -0.4 is 26.2 Å². The van der Waals surface area contributed by atoms with Crippen molar-refractivity contribution in [1.82, 2.24) is 19.9 Å². The minimum atomic E-state index is -2.97. The summed E-state index contributed by atoms with van der Waals surface area (Å²) in [5, 5.41) is 6.37. The largest absolute Gasteiger partial charge is 0.472 e. The molecule has 44 heavy (non-hydrogen) atoms. The second-order valence-electron chi connectivity index (χ2n) is 11.7. The molecule has 0 aliphatic heterocycles. The lowest BCUT2D eigenvalue weighted by molar-refractivity contribution is -0.120. The van der Waals surface area contributed by atoms with E-state index in [2.05, 4.69) is 60.3 Å². The van der Waals surface area contributed by atoms with Gasteiger partial charge < -0.3 is 20.2 Å². The molecule has 0 saturated heterocycles. The number of hydrogen-bond acceptors (Lipinski definition) is 7. The molecule has 9 nitrogen and oxygen atoms in total. The standard InChI is InChI=1S/C33H37N5O4SSi/c1-22-16-24-18-36-30(41-20-25-19-35-23(2)43-25)17-29(24)38(22)32(40)37-28(31(34)39)21-42-44(33(3,4)5,26-12-8-6-9-13-26)27-14-10-7-11-15-27/h6-19,28H,20-21H2,1-5H3,(H2,34,39)(H,37,40)/t28-/m0/s1. The number of amides is 2. The lowest BCUT2D eigenvalue weighted by Crippen LogP contribution is -2.68. The number of primary amides is 1. The number of nitrogens with one attached hydrogen (secondary N) is 1. The summed E-state index contributed by atoms with van der Waals surface area (Å²) in [6.45, 7) is 10.4. The van der Waals surface area contributed by atoms with E-state index in [-0.39, 0.29) is 11.6 Å². The highest BCUT2D eigenvalue weighted by molar-refractivity contribution is 7.11. The molecular weight excluding hydrogens is 591 g/mol. The van der Waals surface area contributed by atoms with E-state index >= 15 is 0 Å². The number of ether oxygens (including phenoxy) is 1. The zero-order valence-electron chi connectivity index (χ0n) is 25.5. The molecule has 0 aliphatic rings. The van der Waals surface area contributed by atoms with Crippen LogP contribution in [0.2, 0.25) is 5.04 Å². The first-order valence-corrected chi connectivity index (χ1v) is 17.1. The van der Waals surface area contributed by atoms with Crippen molar-refractivity contribution in [3.63, 3.8) is 0 Å². The van der Waals surface area contributed by atoms with Crippen LogP contribution in [0.5, 0.6) is 5.88 Å². The van der Waals surface area contributed by atoms with Crippen molar-refractivity contribution in [3.8, 4) is 5.88 Å². The summed E-state index contributed by atoms with van der Waals surface area (Å²) >= 11 is 1.55. The molecule has 0 saturated carbocycles. The van der Waals surface area contributed by atoms with Crippen molar-refractivity contribution < 1.29 is 18.8 Å². The lowest BCUT2D eigenvalue weighted by atomic mass is 10.2. The molecule has 11 heteroatoms. The maximum atomic E-state index is 13.7. The zero-order valence-corrected chi connectivity index (χ0v) is 27.4. The van der Waals surface area contributed by atoms with Crippen molar-refractivity contribution in [2.24, 2.45) is 5.73 Å². The highest BCUT2D eigenvalue weighted by Crippen LogP contribution is 2.36. The number of rotatable bonds is 10. The van der Waals surface area contributed by atoms with E-state index < -0.39 is 26.3 Å². The molecule has 2 amide bonds. The number of pyridine rings is 1. The molecule has 0 fully saturated rings. The van der Waals surface area contributed by atoms with Gasteiger partial charge in [0.25, 0.3) is 8.32 Å². The van der Waals surface area contributed by atoms with Crippen molar-refractivity contribution >= 4 is 52.9 Å². The molecule has 0 radical (unpaired) electrons. The maximum Gasteiger partial charge on any atom is 0.326 e. The lowest BCUT2D eigenvalue weighted by Gasteiger charge is -2.43. The summed E-state index contributed by atoms with van der Waals surface area (Å²) in [6.07, 6.45) is 3.44. The number of nitrogens with two attached hydrogens (primary N) is 1. The summed E-state index contributed by atoms with van der Waals surface area (Å²) in [5.74, 6) is -0.312. The van der Waals surface area contributed by atoms with Gasteiger partial charge in [-0.1, -0.05) is 81.4 Å². The number of nitrogens with zero attached hydrogens (tertiary/aromatic N) is 3. The predicted molar refractivity (Wildman–Crippen MR) is 176 cm³/mol. The van der Waals surface area contributed by atoms with E-state index in [4.69, 9.17) is 14.9 Å². The van der Waals surface area contributed by atoms with Crippen LogP contribution in [0, 0.1) is 13.8 Å². The SMILES string of the molecule is Cc1ncc(COc2cc3c(cn2)cc(C)n3C(=O)N[C@@H](CO[Si](c2ccccc2)(c2ccccc2)C(C)(C)C)C(N)=O)s1. The van der Waals surface area contributed by atoms with Gasteiger partial charge >= 0.3 is 6.03 Å². The van der Waals surface area contributed by atoms with Crippen LogP contribution in [0.3, 0.4) is 0 Å². The van der Waals surface area contributed by atoms with Gasteiger partial charge in [0.15, 0.2) is 0 Å². The van der Waals surface area contributed by atoms with Crippen LogP contribution in [-0.4, -0.2) is 47.4 Å². The Labute approximate surface area is 262 Å². The molecule has 0 unspecified atom stereocenters. The number of fused-ring (bicyclic) bond motifs is 1. The normalized spacial score (nSPS) is 12.7. The topological polar surface area (TPSA) is 121 Å². The van der Waals surface area contributed by atoms with Crippen LogP contribution in [0.25, 0.3) is 10.9 Å². The maximum absolute atomic E-state index is 13.7. The summed E-state index contributed by atoms with van der Waals surface area (Å²) in [5.41, 5.74) is 7.13. The number of carbonyl (C=O) groups excluding carboxylic acids is 2. The number of aryl methyl sites for hydroxylation is 2. The van der Waals surface area contributed by atoms with Crippen LogP contribution in [-0.2, 0) is 15.8 Å². The number of carbonyl (C=O) groups is 2. The van der Waals surface area contributed by atoms with E-state index in [1.165, 1.54) is 4.57 Å². The fourth-order valence-electron chi connectivity index (χ4n) is 5.57. The minimum Gasteiger partial charge on any atom is -0.472 e. The second kappa shape index (κ2) is 12.7. The highest BCUT2D eigenvalue weighted by atomic mass is 32.1. The molecule has 0 bridgehead atoms. The fraction of sp³-hybridized carbons (Fsp3) is 0.273. The molecule has 2 aromatic carbocycles. The molecule has 0 spiro atoms. The second-order valence-corrected chi connectivity index (χ2v) is 17.3. The first kappa shape index (κ1) is 31.1. The third-order valence-corrected chi connectivity index (χ3v) is 13.5. The molecule has 1 atom stereocenters. The fourth-order valence-corrected chi connectivity index (χ4v) is 10.8. The molecule has 0 aliphatic carbocycles. The Hall–Kier alpha value is -4.32. The summed E-state index contributed by atoms with van der Waals surface area (Å²) in [6, 6.07) is 22.2. The van der Waals surface area contributed by atoms with Gasteiger partial charge in [0.05, 0.1) is 22.0 Å². The Morgan fingerprint density at radius 2 is 1.61 bits per heavy atom. The summed E-state index contributed by atoms with van der Waals surface area (Å²) in [7, 11) is -2.97. The number of benzene rings is 2. The van der Waals surface area contributed by atoms with Gasteiger partial charge in [-0.3, -0.25) is 9.36 Å². The van der Waals surface area contributed by atoms with Crippen molar-refractivity contribution in [2.45, 2.75) is 52.3 Å². The zero-order chi connectivity index (χ0) is 31.5. The Balaban J connectivity index is 1.42. The Kier molecular flexibility index (Phi) is 9.00. The quantitative estimate of drug-likeness (QED) is 0.217. The van der Waals surface area contributed by atoms with Crippen molar-refractivity contribution in [2.75, 3.05) is 6.61 Å². The van der Waals surface area contributed by atoms with Gasteiger partial charge in [-0.25, -0.2) is 14.8 Å². The first-order valence-electron chi connectivity index (χ1n) is 14.4. The van der Waals surface area contributed by atoms with Gasteiger partial charge in [-0.05, 0) is 35.3 Å². The Bertz CT molecular complexity index is 1730. The van der Waals surface area contributed by atoms with Crippen molar-refractivity contribution in [3.05, 3.63) is 101 Å². The van der Waals surface area contributed by atoms with E-state index in [9.17, 15) is 9.59 Å². The third kappa shape index (κ3) is 6.30. The Morgan fingerprint density at radius 3 is 2.16 bits per heavy atom. The van der Waals surface area contributed by atoms with Crippen LogP contribution in [0.15, 0.2) is 85.2 Å². The summed E-state index contributed by atoms with van der Waals surface area (Å²) < 4.78 is 14.3. The molecule has 5 rings (SSSR count). The van der Waals surface area contributed by atoms with Crippen LogP contribution in [0.1, 0.15) is 36.3 Å². The number of thiazole rings is 1. The van der Waals surface area contributed by atoms with Gasteiger partial charge in [-0.15, -0.1) is 11.3 Å². The van der Waals surface area contributed by atoms with E-state index in [1.807, 2.05) is 56.3 Å². The van der Waals surface area contributed by atoms with Gasteiger partial charge in [-0.2, -0.15) is 0 Å². The highest BCUT2D eigenvalue weighted by Gasteiger charge is 2.50. The molecule has 3 heterocycles. The van der Waals surface area contributed by atoms with Gasteiger partial charge in [0.2, 0.25) is 11.8 Å². The molecular formula is C33H37N5O4SSi. The molecule has 3 aromatic heterocycles. The third-order valence-electron chi connectivity index (χ3n) is 7.60. The molecule has 3 N–H and O–H groups in total. The monoisotopic (exact) mass is 627 g/mol. The Morgan fingerprint density at radius 1 is 0.977 bits per heavy atom. The van der Waals surface area contributed by atoms with Gasteiger partial charge in [0.1, 0.15) is 12.6 Å². The van der Waals surface area contributed by atoms with Crippen LogP contribution >= 0.6 is 11.3 Å². The number of aromatic nitrogens is 3. The van der Waals surface area contributed by atoms with E-state index in [0.717, 1.165) is 25.6 Å². The van der Waals surface area contributed by atoms with E-state index in [1.54, 1.807) is 29.8 Å². The first-order chi connectivity index (χ1) is 21.0. The average molecular weight is 628 g/mol. The van der Waals surface area contributed by atoms with Crippen molar-refractivity contribution in [1.29, 1.82) is 0 Å². The van der Waals surface area contributed by atoms with E-state index in [0.29, 0.717) is 23.7 Å². The average Bonchev–Trinajstić information content (AvgIpc) is 3.57. The predicted octanol–water partition coefficient (Wildman–Crippen LogP) is 4.68. The van der Waals surface area contributed by atoms with Crippen LogP contribution in [0.4, 0.5) is 4.79 Å². The number of hydrogen-bond donors (Lipinski definition) is 2. The molecule has 5 aromatic rings.